The number of aromatic nitrogens is 3. The van der Waals surface area contributed by atoms with Gasteiger partial charge in [0.25, 0.3) is 11.2 Å². The summed E-state index contributed by atoms with van der Waals surface area (Å²) in [5.74, 6) is -0.887. The van der Waals surface area contributed by atoms with Crippen LogP contribution < -0.4 is 10.9 Å². The van der Waals surface area contributed by atoms with Gasteiger partial charge in [0.2, 0.25) is 5.91 Å². The van der Waals surface area contributed by atoms with Crippen LogP contribution in [0.3, 0.4) is 0 Å². The highest BCUT2D eigenvalue weighted by atomic mass is 32.2. The Kier molecular flexibility index (Phi) is 6.36. The van der Waals surface area contributed by atoms with Gasteiger partial charge in [-0.3, -0.25) is 24.3 Å². The van der Waals surface area contributed by atoms with Gasteiger partial charge in [0.1, 0.15) is 11.0 Å². The van der Waals surface area contributed by atoms with Crippen molar-refractivity contribution < 1.29 is 22.9 Å². The number of fused-ring (bicyclic) bond motifs is 3. The van der Waals surface area contributed by atoms with Gasteiger partial charge in [0.15, 0.2) is 5.16 Å². The lowest BCUT2D eigenvalue weighted by Crippen LogP contribution is -2.23. The topological polar surface area (TPSA) is 123 Å². The van der Waals surface area contributed by atoms with E-state index in [0.717, 1.165) is 23.9 Å². The zero-order chi connectivity index (χ0) is 27.0. The lowest BCUT2D eigenvalue weighted by atomic mass is 10.2. The van der Waals surface area contributed by atoms with E-state index in [1.807, 2.05) is 0 Å². The average molecular weight is 539 g/mol. The second-order valence-corrected chi connectivity index (χ2v) is 9.06. The number of para-hydroxylation sites is 1. The summed E-state index contributed by atoms with van der Waals surface area (Å²) in [7, 11) is 0. The molecule has 0 radical (unpaired) electrons. The summed E-state index contributed by atoms with van der Waals surface area (Å²) in [6.45, 7) is 0. The molecule has 0 aliphatic rings. The molecule has 2 heterocycles. The normalized spacial score (nSPS) is 11.7. The maximum Gasteiger partial charge on any atom is 0.416 e. The van der Waals surface area contributed by atoms with Gasteiger partial charge in [0, 0.05) is 28.7 Å². The van der Waals surface area contributed by atoms with Crippen LogP contribution in [0.4, 0.5) is 24.5 Å². The maximum absolute atomic E-state index is 13.5. The molecule has 0 saturated heterocycles. The van der Waals surface area contributed by atoms with E-state index in [1.54, 1.807) is 24.3 Å². The summed E-state index contributed by atoms with van der Waals surface area (Å²) in [6, 6.07) is 16.6. The van der Waals surface area contributed by atoms with E-state index in [0.29, 0.717) is 16.4 Å². The molecule has 0 fully saturated rings. The number of alkyl halides is 3. The van der Waals surface area contributed by atoms with Crippen LogP contribution in [0.15, 0.2) is 82.7 Å². The predicted molar refractivity (Wildman–Crippen MR) is 137 cm³/mol. The molecule has 0 atom stereocenters. The van der Waals surface area contributed by atoms with Crippen LogP contribution in [0, 0.1) is 10.1 Å². The van der Waals surface area contributed by atoms with Gasteiger partial charge in [-0.05, 0) is 36.4 Å². The molecule has 38 heavy (non-hydrogen) atoms. The highest BCUT2D eigenvalue weighted by Gasteiger charge is 2.30. The quantitative estimate of drug-likeness (QED) is 0.127. The number of halogens is 3. The molecule has 5 rings (SSSR count). The third-order valence-corrected chi connectivity index (χ3v) is 6.56. The number of rotatable bonds is 6. The number of nitro groups is 1. The SMILES string of the molecule is O=C(CSc1nc2c([nH]c3ccccc32)c(=O)n1-c1ccc([N+](=O)[O-])cc1)Nc1cccc(C(F)(F)F)c1. The molecule has 9 nitrogen and oxygen atoms in total. The predicted octanol–water partition coefficient (Wildman–Crippen LogP) is 5.52. The molecule has 1 amide bonds. The summed E-state index contributed by atoms with van der Waals surface area (Å²) in [5, 5.41) is 14.3. The van der Waals surface area contributed by atoms with Gasteiger partial charge >= 0.3 is 6.18 Å². The first-order chi connectivity index (χ1) is 18.1. The van der Waals surface area contributed by atoms with E-state index in [2.05, 4.69) is 15.3 Å². The van der Waals surface area contributed by atoms with Crippen molar-refractivity contribution in [2.45, 2.75) is 11.3 Å². The number of carbonyl (C=O) groups is 1. The van der Waals surface area contributed by atoms with Crippen molar-refractivity contribution in [1.82, 2.24) is 14.5 Å². The zero-order valence-electron chi connectivity index (χ0n) is 19.2. The van der Waals surface area contributed by atoms with Gasteiger partial charge in [-0.2, -0.15) is 13.2 Å². The van der Waals surface area contributed by atoms with Crippen molar-refractivity contribution >= 4 is 51.0 Å². The molecule has 0 aliphatic heterocycles. The Labute approximate surface area is 215 Å². The molecule has 0 bridgehead atoms. The molecule has 3 aromatic carbocycles. The number of nitrogens with one attached hydrogen (secondary N) is 2. The van der Waals surface area contributed by atoms with E-state index < -0.39 is 28.1 Å². The number of nitro benzene ring substituents is 1. The molecule has 0 saturated carbocycles. The molecule has 5 aromatic rings. The van der Waals surface area contributed by atoms with Crippen molar-refractivity contribution in [2.75, 3.05) is 11.1 Å². The van der Waals surface area contributed by atoms with Crippen molar-refractivity contribution in [3.63, 3.8) is 0 Å². The molecule has 13 heteroatoms. The number of aromatic amines is 1. The molecule has 0 unspecified atom stereocenters. The number of nitrogens with zero attached hydrogens (tertiary/aromatic N) is 3. The van der Waals surface area contributed by atoms with Crippen molar-refractivity contribution in [3.8, 4) is 5.69 Å². The summed E-state index contributed by atoms with van der Waals surface area (Å²) >= 11 is 0.900. The third-order valence-electron chi connectivity index (χ3n) is 5.62. The molecular weight excluding hydrogens is 523 g/mol. The van der Waals surface area contributed by atoms with E-state index in [4.69, 9.17) is 0 Å². The molecule has 2 aromatic heterocycles. The van der Waals surface area contributed by atoms with Crippen LogP contribution in [0.1, 0.15) is 5.56 Å². The first-order valence-corrected chi connectivity index (χ1v) is 12.0. The van der Waals surface area contributed by atoms with Gasteiger partial charge in [-0.25, -0.2) is 4.98 Å². The maximum atomic E-state index is 13.5. The number of thioether (sulfide) groups is 1. The fourth-order valence-electron chi connectivity index (χ4n) is 3.89. The number of hydrogen-bond donors (Lipinski definition) is 2. The fraction of sp³-hybridized carbons (Fsp3) is 0.0800. The minimum Gasteiger partial charge on any atom is -0.349 e. The van der Waals surface area contributed by atoms with Gasteiger partial charge < -0.3 is 10.3 Å². The zero-order valence-corrected chi connectivity index (χ0v) is 20.0. The van der Waals surface area contributed by atoms with Crippen molar-refractivity contribution in [2.24, 2.45) is 0 Å². The number of carbonyl (C=O) groups excluding carboxylic acids is 1. The van der Waals surface area contributed by atoms with E-state index in [1.165, 1.54) is 41.0 Å². The molecular formula is C25H16F3N5O4S. The summed E-state index contributed by atoms with van der Waals surface area (Å²) in [5.41, 5.74) is -0.0373. The summed E-state index contributed by atoms with van der Waals surface area (Å²) < 4.78 is 40.2. The van der Waals surface area contributed by atoms with Crippen LogP contribution in [-0.2, 0) is 11.0 Å². The van der Waals surface area contributed by atoms with E-state index in [-0.39, 0.29) is 33.5 Å². The van der Waals surface area contributed by atoms with E-state index >= 15 is 0 Å². The van der Waals surface area contributed by atoms with Crippen molar-refractivity contribution in [3.05, 3.63) is 98.8 Å². The van der Waals surface area contributed by atoms with Crippen molar-refractivity contribution in [1.29, 1.82) is 0 Å². The first kappa shape index (κ1) is 25.0. The number of non-ortho nitro benzene ring substituents is 1. The minimum absolute atomic E-state index is 0.0294. The lowest BCUT2D eigenvalue weighted by molar-refractivity contribution is -0.384. The minimum atomic E-state index is -4.56. The van der Waals surface area contributed by atoms with Gasteiger partial charge in [-0.1, -0.05) is 36.0 Å². The number of anilines is 1. The standard InChI is InChI=1S/C25H16F3N5O4S/c26-25(27,28)14-4-3-5-15(12-14)29-20(34)13-38-24-31-21-18-6-1-2-7-19(18)30-22(21)23(35)32(24)16-8-10-17(11-9-16)33(36)37/h1-12,30H,13H2,(H,29,34). The van der Waals surface area contributed by atoms with Crippen LogP contribution in [0.5, 0.6) is 0 Å². The highest BCUT2D eigenvalue weighted by Crippen LogP contribution is 2.31. The molecule has 192 valence electrons. The summed E-state index contributed by atoms with van der Waals surface area (Å²) in [4.78, 5) is 44.3. The van der Waals surface area contributed by atoms with Crippen LogP contribution >= 0.6 is 11.8 Å². The second kappa shape index (κ2) is 9.67. The number of benzene rings is 3. The first-order valence-electron chi connectivity index (χ1n) is 11.0. The molecule has 0 spiro atoms. The van der Waals surface area contributed by atoms with Crippen LogP contribution in [0.25, 0.3) is 27.6 Å². The Balaban J connectivity index is 1.51. The Hall–Kier alpha value is -4.65. The Bertz CT molecular complexity index is 1760. The summed E-state index contributed by atoms with van der Waals surface area (Å²) in [6.07, 6.45) is -4.56. The highest BCUT2D eigenvalue weighted by molar-refractivity contribution is 7.99. The Morgan fingerprint density at radius 1 is 1.08 bits per heavy atom. The van der Waals surface area contributed by atoms with Gasteiger partial charge in [0.05, 0.1) is 21.9 Å². The number of H-pyrrole nitrogens is 1. The average Bonchev–Trinajstić information content (AvgIpc) is 3.26. The molecule has 0 aliphatic carbocycles. The lowest BCUT2D eigenvalue weighted by Gasteiger charge is -2.13. The van der Waals surface area contributed by atoms with E-state index in [9.17, 15) is 32.9 Å². The largest absolute Gasteiger partial charge is 0.416 e. The Morgan fingerprint density at radius 2 is 1.82 bits per heavy atom. The van der Waals surface area contributed by atoms with Gasteiger partial charge in [-0.15, -0.1) is 0 Å². The fourth-order valence-corrected chi connectivity index (χ4v) is 4.70. The van der Waals surface area contributed by atoms with Crippen LogP contribution in [0.2, 0.25) is 0 Å². The molecule has 2 N–H and O–H groups in total. The number of amides is 1. The smallest absolute Gasteiger partial charge is 0.349 e. The monoisotopic (exact) mass is 539 g/mol. The second-order valence-electron chi connectivity index (χ2n) is 8.12. The third kappa shape index (κ3) is 4.83. The Morgan fingerprint density at radius 3 is 2.53 bits per heavy atom. The number of hydrogen-bond acceptors (Lipinski definition) is 6. The van der Waals surface area contributed by atoms with Crippen LogP contribution in [-0.4, -0.2) is 31.1 Å².